The molecule has 0 bridgehead atoms. The predicted octanol–water partition coefficient (Wildman–Crippen LogP) is -1.51. The number of nitrogens with zero attached hydrogens (tertiary/aromatic N) is 2. The molecule has 2 N–H and O–H groups in total. The van der Waals surface area contributed by atoms with Gasteiger partial charge >= 0.3 is 5.97 Å². The van der Waals surface area contributed by atoms with Gasteiger partial charge in [0.25, 0.3) is 0 Å². The zero-order chi connectivity index (χ0) is 13.1. The van der Waals surface area contributed by atoms with E-state index in [1.54, 1.807) is 4.90 Å². The van der Waals surface area contributed by atoms with Gasteiger partial charge in [-0.1, -0.05) is 0 Å². The average Bonchev–Trinajstić information content (AvgIpc) is 2.67. The van der Waals surface area contributed by atoms with Crippen molar-refractivity contribution in [1.29, 1.82) is 0 Å². The lowest BCUT2D eigenvalue weighted by atomic mass is 10.2. The number of carbonyl (C=O) groups is 3. The van der Waals surface area contributed by atoms with Gasteiger partial charge in [0.05, 0.1) is 0 Å². The number of hydrogen-bond donors (Lipinski definition) is 2. The van der Waals surface area contributed by atoms with Crippen molar-refractivity contribution in [2.45, 2.75) is 18.9 Å². The molecule has 100 valence electrons. The summed E-state index contributed by atoms with van der Waals surface area (Å²) in [4.78, 5) is 37.0. The minimum absolute atomic E-state index is 0.151. The summed E-state index contributed by atoms with van der Waals surface area (Å²) in [5.41, 5.74) is 0. The van der Waals surface area contributed by atoms with E-state index < -0.39 is 12.0 Å². The fourth-order valence-electron chi connectivity index (χ4n) is 2.36. The number of amides is 2. The van der Waals surface area contributed by atoms with Crippen molar-refractivity contribution in [3.63, 3.8) is 0 Å². The van der Waals surface area contributed by atoms with E-state index in [-0.39, 0.29) is 24.7 Å². The lowest BCUT2D eigenvalue weighted by Crippen LogP contribution is -2.56. The van der Waals surface area contributed by atoms with Crippen molar-refractivity contribution in [1.82, 2.24) is 15.1 Å². The Bertz CT molecular complexity index is 355. The van der Waals surface area contributed by atoms with Crippen molar-refractivity contribution in [3.05, 3.63) is 0 Å². The van der Waals surface area contributed by atoms with Gasteiger partial charge in [-0.15, -0.1) is 0 Å². The molecule has 2 amide bonds. The van der Waals surface area contributed by atoms with E-state index in [0.29, 0.717) is 26.2 Å². The number of carbonyl (C=O) groups excluding carboxylic acids is 2. The van der Waals surface area contributed by atoms with Crippen LogP contribution in [0.25, 0.3) is 0 Å². The predicted molar refractivity (Wildman–Crippen MR) is 61.8 cm³/mol. The number of aliphatic carboxylic acids is 1. The molecule has 2 rings (SSSR count). The van der Waals surface area contributed by atoms with Crippen molar-refractivity contribution in [2.75, 3.05) is 32.7 Å². The van der Waals surface area contributed by atoms with Crippen molar-refractivity contribution >= 4 is 17.8 Å². The molecule has 0 aromatic heterocycles. The summed E-state index contributed by atoms with van der Waals surface area (Å²) in [5.74, 6) is -1.18. The normalized spacial score (nSPS) is 25.8. The van der Waals surface area contributed by atoms with Crippen LogP contribution in [0.15, 0.2) is 0 Å². The van der Waals surface area contributed by atoms with E-state index in [4.69, 9.17) is 5.11 Å². The molecule has 18 heavy (non-hydrogen) atoms. The van der Waals surface area contributed by atoms with E-state index in [9.17, 15) is 14.4 Å². The van der Waals surface area contributed by atoms with Crippen molar-refractivity contribution in [2.24, 2.45) is 0 Å². The Morgan fingerprint density at radius 3 is 2.56 bits per heavy atom. The molecule has 0 spiro atoms. The van der Waals surface area contributed by atoms with E-state index in [2.05, 4.69) is 5.32 Å². The number of hydrogen-bond acceptors (Lipinski definition) is 5. The molecule has 0 aromatic rings. The van der Waals surface area contributed by atoms with E-state index >= 15 is 0 Å². The maximum atomic E-state index is 11.4. The fourth-order valence-corrected chi connectivity index (χ4v) is 2.36. The van der Waals surface area contributed by atoms with Gasteiger partial charge in [-0.3, -0.25) is 24.2 Å². The lowest BCUT2D eigenvalue weighted by molar-refractivity contribution is -0.144. The Morgan fingerprint density at radius 1 is 1.28 bits per heavy atom. The largest absolute Gasteiger partial charge is 0.480 e. The first kappa shape index (κ1) is 13.0. The monoisotopic (exact) mass is 255 g/mol. The number of carboxylic acids is 1. The average molecular weight is 255 g/mol. The molecule has 0 aliphatic carbocycles. The van der Waals surface area contributed by atoms with Crippen LogP contribution in [0.5, 0.6) is 0 Å². The molecule has 1 unspecified atom stereocenters. The third-order valence-electron chi connectivity index (χ3n) is 3.40. The van der Waals surface area contributed by atoms with Crippen LogP contribution < -0.4 is 5.32 Å². The third-order valence-corrected chi connectivity index (χ3v) is 3.40. The number of carboxylic acid groups (broad SMARTS) is 1. The van der Waals surface area contributed by atoms with Gasteiger partial charge in [-0.25, -0.2) is 0 Å². The molecule has 7 nitrogen and oxygen atoms in total. The molecule has 2 heterocycles. The van der Waals surface area contributed by atoms with Gasteiger partial charge in [0.1, 0.15) is 6.04 Å². The highest BCUT2D eigenvalue weighted by molar-refractivity contribution is 6.01. The molecule has 2 aliphatic heterocycles. The first-order valence-corrected chi connectivity index (χ1v) is 6.10. The van der Waals surface area contributed by atoms with Crippen molar-refractivity contribution in [3.8, 4) is 0 Å². The van der Waals surface area contributed by atoms with E-state index in [0.717, 1.165) is 6.54 Å². The summed E-state index contributed by atoms with van der Waals surface area (Å²) < 4.78 is 0. The maximum Gasteiger partial charge on any atom is 0.322 e. The van der Waals surface area contributed by atoms with Crippen LogP contribution in [-0.4, -0.2) is 71.5 Å². The number of piperazine rings is 1. The summed E-state index contributed by atoms with van der Waals surface area (Å²) in [6.45, 7) is 2.47. The molecule has 1 atom stereocenters. The van der Waals surface area contributed by atoms with Gasteiger partial charge in [0, 0.05) is 45.6 Å². The molecule has 0 saturated carbocycles. The van der Waals surface area contributed by atoms with Crippen LogP contribution in [0.1, 0.15) is 12.8 Å². The second kappa shape index (κ2) is 5.45. The SMILES string of the molecule is O=C(O)C1CNCCN1CCN1C(=O)CCC1=O. The lowest BCUT2D eigenvalue weighted by Gasteiger charge is -2.34. The maximum absolute atomic E-state index is 11.4. The quantitative estimate of drug-likeness (QED) is 0.594. The molecule has 7 heteroatoms. The van der Waals surface area contributed by atoms with Crippen LogP contribution in [-0.2, 0) is 14.4 Å². The Kier molecular flexibility index (Phi) is 3.93. The molecule has 0 radical (unpaired) electrons. The van der Waals surface area contributed by atoms with E-state index in [1.807, 2.05) is 0 Å². The Morgan fingerprint density at radius 2 is 1.94 bits per heavy atom. The topological polar surface area (TPSA) is 89.9 Å². The van der Waals surface area contributed by atoms with Gasteiger partial charge in [0.15, 0.2) is 0 Å². The smallest absolute Gasteiger partial charge is 0.322 e. The molecular formula is C11H17N3O4. The Labute approximate surface area is 105 Å². The van der Waals surface area contributed by atoms with Gasteiger partial charge in [0.2, 0.25) is 11.8 Å². The minimum atomic E-state index is -0.874. The third kappa shape index (κ3) is 2.68. The summed E-state index contributed by atoms with van der Waals surface area (Å²) in [6.07, 6.45) is 0.561. The number of rotatable bonds is 4. The van der Waals surface area contributed by atoms with Crippen LogP contribution in [0.2, 0.25) is 0 Å². The summed E-state index contributed by atoms with van der Waals surface area (Å²) in [5, 5.41) is 12.1. The van der Waals surface area contributed by atoms with E-state index in [1.165, 1.54) is 4.90 Å². The highest BCUT2D eigenvalue weighted by Crippen LogP contribution is 2.12. The minimum Gasteiger partial charge on any atom is -0.480 e. The molecular weight excluding hydrogens is 238 g/mol. The number of likely N-dealkylation sites (tertiary alicyclic amines) is 1. The van der Waals surface area contributed by atoms with Gasteiger partial charge < -0.3 is 10.4 Å². The van der Waals surface area contributed by atoms with Crippen LogP contribution in [0.4, 0.5) is 0 Å². The zero-order valence-corrected chi connectivity index (χ0v) is 10.1. The molecule has 2 fully saturated rings. The summed E-state index contributed by atoms with van der Waals surface area (Å²) in [7, 11) is 0. The number of imide groups is 1. The summed E-state index contributed by atoms with van der Waals surface area (Å²) >= 11 is 0. The van der Waals surface area contributed by atoms with Crippen LogP contribution >= 0.6 is 0 Å². The van der Waals surface area contributed by atoms with Crippen LogP contribution in [0.3, 0.4) is 0 Å². The fraction of sp³-hybridized carbons (Fsp3) is 0.727. The Balaban J connectivity index is 1.90. The summed E-state index contributed by atoms with van der Waals surface area (Å²) in [6, 6.07) is -0.577. The van der Waals surface area contributed by atoms with Crippen molar-refractivity contribution < 1.29 is 19.5 Å². The zero-order valence-electron chi connectivity index (χ0n) is 10.1. The van der Waals surface area contributed by atoms with Gasteiger partial charge in [-0.05, 0) is 0 Å². The Hall–Kier alpha value is -1.47. The molecule has 2 saturated heterocycles. The second-order valence-electron chi connectivity index (χ2n) is 4.53. The van der Waals surface area contributed by atoms with Crippen LogP contribution in [0, 0.1) is 0 Å². The molecule has 0 aromatic carbocycles. The molecule has 2 aliphatic rings. The second-order valence-corrected chi connectivity index (χ2v) is 4.53. The van der Waals surface area contributed by atoms with Gasteiger partial charge in [-0.2, -0.15) is 0 Å². The highest BCUT2D eigenvalue weighted by Gasteiger charge is 2.32. The first-order chi connectivity index (χ1) is 8.59. The first-order valence-electron chi connectivity index (χ1n) is 6.10. The number of nitrogens with one attached hydrogen (secondary N) is 1. The highest BCUT2D eigenvalue weighted by atomic mass is 16.4. The standard InChI is InChI=1S/C11H17N3O4/c15-9-1-2-10(16)14(9)6-5-13-4-3-12-7-8(13)11(17)18/h8,12H,1-7H2,(H,17,18).